The predicted octanol–water partition coefficient (Wildman–Crippen LogP) is 9.06. The highest BCUT2D eigenvalue weighted by atomic mass is 28.4. The first-order chi connectivity index (χ1) is 17.6. The van der Waals surface area contributed by atoms with Gasteiger partial charge in [-0.2, -0.15) is 0 Å². The van der Waals surface area contributed by atoms with Crippen molar-refractivity contribution in [1.82, 2.24) is 0 Å². The number of hydrogen-bond acceptors (Lipinski definition) is 3. The minimum absolute atomic E-state index is 0.0426. The van der Waals surface area contributed by atoms with Gasteiger partial charge in [0.1, 0.15) is 6.10 Å². The second-order valence-electron chi connectivity index (χ2n) is 13.6. The molecule has 1 aliphatic carbocycles. The molecule has 0 heterocycles. The molecule has 1 fully saturated rings. The molecule has 0 saturated heterocycles. The molecule has 2 aromatic rings. The third kappa shape index (κ3) is 6.87. The second-order valence-corrected chi connectivity index (χ2v) is 18.4. The van der Waals surface area contributed by atoms with Crippen molar-refractivity contribution >= 4 is 14.3 Å². The summed E-state index contributed by atoms with van der Waals surface area (Å²) in [5.74, 6) is 0.235. The van der Waals surface area contributed by atoms with E-state index in [2.05, 4.69) is 104 Å². The lowest BCUT2D eigenvalue weighted by Crippen LogP contribution is -2.50. The number of carbonyl (C=O) groups is 1. The minimum Gasteiger partial charge on any atom is -0.460 e. The van der Waals surface area contributed by atoms with Crippen LogP contribution in [0.5, 0.6) is 0 Å². The average Bonchev–Trinajstić information content (AvgIpc) is 2.83. The largest absolute Gasteiger partial charge is 0.460 e. The summed E-state index contributed by atoms with van der Waals surface area (Å²) in [7, 11) is -2.30. The van der Waals surface area contributed by atoms with Gasteiger partial charge in [0.15, 0.2) is 14.4 Å². The average molecular weight is 535 g/mol. The molecule has 0 unspecified atom stereocenters. The summed E-state index contributed by atoms with van der Waals surface area (Å²) in [4.78, 5) is 14.3. The second kappa shape index (κ2) is 11.9. The Bertz CT molecular complexity index is 1070. The van der Waals surface area contributed by atoms with E-state index in [1.807, 2.05) is 25.1 Å². The van der Waals surface area contributed by atoms with Gasteiger partial charge in [-0.15, -0.1) is 0 Å². The van der Waals surface area contributed by atoms with Crippen molar-refractivity contribution in [3.8, 4) is 0 Å². The van der Waals surface area contributed by atoms with E-state index in [0.29, 0.717) is 5.92 Å². The van der Waals surface area contributed by atoms with Gasteiger partial charge in [0.2, 0.25) is 0 Å². The maximum absolute atomic E-state index is 14.3. The molecule has 3 rings (SSSR count). The molecule has 0 bridgehead atoms. The quantitative estimate of drug-likeness (QED) is 0.183. The van der Waals surface area contributed by atoms with Crippen molar-refractivity contribution in [3.05, 3.63) is 83.9 Å². The van der Waals surface area contributed by atoms with Gasteiger partial charge in [0.05, 0.1) is 0 Å². The third-order valence-corrected chi connectivity index (χ3v) is 13.7. The molecule has 0 aliphatic heterocycles. The molecule has 4 heteroatoms. The Labute approximate surface area is 233 Å². The van der Waals surface area contributed by atoms with Gasteiger partial charge in [-0.1, -0.05) is 121 Å². The Morgan fingerprint density at radius 2 is 1.50 bits per heavy atom. The number of rotatable bonds is 9. The highest BCUT2D eigenvalue weighted by molar-refractivity contribution is 6.74. The topological polar surface area (TPSA) is 35.5 Å². The molecule has 0 radical (unpaired) electrons. The SMILES string of the molecule is C=C(C)[C@H](c1ccccc1)[C@H](O[Si](C)(C)C(C)(C)C)C(=O)O[C@@H]1C[C@H](C)CC[C@H]1C(C)(C)c1ccccc1. The maximum Gasteiger partial charge on any atom is 0.335 e. The van der Waals surface area contributed by atoms with Crippen LogP contribution in [0, 0.1) is 11.8 Å². The van der Waals surface area contributed by atoms with Gasteiger partial charge in [-0.25, -0.2) is 4.79 Å². The van der Waals surface area contributed by atoms with Crippen LogP contribution in [0.2, 0.25) is 18.1 Å². The lowest BCUT2D eigenvalue weighted by molar-refractivity contribution is -0.166. The van der Waals surface area contributed by atoms with Crippen LogP contribution >= 0.6 is 0 Å². The summed E-state index contributed by atoms with van der Waals surface area (Å²) < 4.78 is 13.5. The Kier molecular flexibility index (Phi) is 9.52. The van der Waals surface area contributed by atoms with Crippen molar-refractivity contribution in [2.75, 3.05) is 0 Å². The summed E-state index contributed by atoms with van der Waals surface area (Å²) in [6.07, 6.45) is 2.18. The van der Waals surface area contributed by atoms with E-state index in [1.165, 1.54) is 5.56 Å². The first-order valence-corrected chi connectivity index (χ1v) is 17.2. The highest BCUT2D eigenvalue weighted by Crippen LogP contribution is 2.45. The Balaban J connectivity index is 1.99. The predicted molar refractivity (Wildman–Crippen MR) is 162 cm³/mol. The normalized spacial score (nSPS) is 22.4. The van der Waals surface area contributed by atoms with E-state index in [4.69, 9.17) is 9.16 Å². The Morgan fingerprint density at radius 3 is 2.03 bits per heavy atom. The number of benzene rings is 2. The Morgan fingerprint density at radius 1 is 0.947 bits per heavy atom. The van der Waals surface area contributed by atoms with Crippen LogP contribution in [-0.4, -0.2) is 26.5 Å². The van der Waals surface area contributed by atoms with E-state index in [0.717, 1.165) is 30.4 Å². The summed E-state index contributed by atoms with van der Waals surface area (Å²) in [5.41, 5.74) is 3.13. The molecule has 208 valence electrons. The zero-order valence-electron chi connectivity index (χ0n) is 25.2. The summed E-state index contributed by atoms with van der Waals surface area (Å²) >= 11 is 0. The first kappa shape index (κ1) is 30.4. The maximum atomic E-state index is 14.3. The van der Waals surface area contributed by atoms with E-state index in [-0.39, 0.29) is 34.4 Å². The van der Waals surface area contributed by atoms with Gasteiger partial charge in [-0.05, 0) is 60.4 Å². The van der Waals surface area contributed by atoms with Crippen molar-refractivity contribution in [3.63, 3.8) is 0 Å². The number of ether oxygens (including phenoxy) is 1. The van der Waals surface area contributed by atoms with Gasteiger partial charge in [-0.3, -0.25) is 0 Å². The van der Waals surface area contributed by atoms with Crippen LogP contribution in [0.15, 0.2) is 72.8 Å². The fourth-order valence-electron chi connectivity index (χ4n) is 5.71. The van der Waals surface area contributed by atoms with E-state index < -0.39 is 14.4 Å². The van der Waals surface area contributed by atoms with Gasteiger partial charge in [0, 0.05) is 11.8 Å². The molecule has 0 N–H and O–H groups in total. The highest BCUT2D eigenvalue weighted by Gasteiger charge is 2.47. The van der Waals surface area contributed by atoms with E-state index in [9.17, 15) is 4.79 Å². The fraction of sp³-hybridized carbons (Fsp3) is 0.559. The minimum atomic E-state index is -2.30. The molecule has 2 aromatic carbocycles. The molecule has 0 spiro atoms. The van der Waals surface area contributed by atoms with Gasteiger partial charge >= 0.3 is 5.97 Å². The lowest BCUT2D eigenvalue weighted by atomic mass is 9.64. The molecule has 1 saturated carbocycles. The first-order valence-electron chi connectivity index (χ1n) is 14.3. The third-order valence-electron chi connectivity index (χ3n) is 9.22. The number of carbonyl (C=O) groups excluding carboxylic acids is 1. The van der Waals surface area contributed by atoms with Crippen LogP contribution in [0.25, 0.3) is 0 Å². The lowest BCUT2D eigenvalue weighted by Gasteiger charge is -2.45. The molecule has 3 nitrogen and oxygen atoms in total. The summed E-state index contributed by atoms with van der Waals surface area (Å²) in [6, 6.07) is 20.8. The molecular formula is C34H50O3Si. The number of hydrogen-bond donors (Lipinski definition) is 0. The molecule has 5 atom stereocenters. The molecule has 1 aliphatic rings. The number of esters is 1. The monoisotopic (exact) mass is 534 g/mol. The van der Waals surface area contributed by atoms with Crippen molar-refractivity contribution < 1.29 is 14.0 Å². The molecule has 0 amide bonds. The molecular weight excluding hydrogens is 484 g/mol. The van der Waals surface area contributed by atoms with Crippen LogP contribution < -0.4 is 0 Å². The van der Waals surface area contributed by atoms with Crippen LogP contribution in [0.4, 0.5) is 0 Å². The van der Waals surface area contributed by atoms with Crippen LogP contribution in [0.1, 0.15) is 84.8 Å². The van der Waals surface area contributed by atoms with E-state index in [1.54, 1.807) is 0 Å². The molecule has 38 heavy (non-hydrogen) atoms. The fourth-order valence-corrected chi connectivity index (χ4v) is 6.93. The van der Waals surface area contributed by atoms with Gasteiger partial charge in [0.25, 0.3) is 0 Å². The van der Waals surface area contributed by atoms with Crippen molar-refractivity contribution in [2.45, 2.75) is 109 Å². The standard InChI is InChI=1S/C34H50O3Si/c1-24(2)30(26-17-13-11-14-18-26)31(37-38(9,10)33(4,5)6)32(35)36-29-23-25(3)21-22-28(29)34(7,8)27-19-15-12-16-20-27/h11-20,25,28-31H,1,21-23H2,2-10H3/t25-,28-,29-,30-,31+/m1/s1. The molecule has 0 aromatic heterocycles. The van der Waals surface area contributed by atoms with Crippen molar-refractivity contribution in [1.29, 1.82) is 0 Å². The van der Waals surface area contributed by atoms with Gasteiger partial charge < -0.3 is 9.16 Å². The van der Waals surface area contributed by atoms with E-state index >= 15 is 0 Å². The zero-order chi connectivity index (χ0) is 28.3. The smallest absolute Gasteiger partial charge is 0.335 e. The van der Waals surface area contributed by atoms with Crippen molar-refractivity contribution in [2.24, 2.45) is 11.8 Å². The zero-order valence-corrected chi connectivity index (χ0v) is 26.2. The summed E-state index contributed by atoms with van der Waals surface area (Å²) in [6.45, 7) is 24.2. The Hall–Kier alpha value is -2.17. The van der Waals surface area contributed by atoms with Crippen LogP contribution in [-0.2, 0) is 19.4 Å². The summed E-state index contributed by atoms with van der Waals surface area (Å²) in [5, 5.41) is -0.0426. The van der Waals surface area contributed by atoms with Crippen LogP contribution in [0.3, 0.4) is 0 Å².